The number of rotatable bonds is 12. The maximum atomic E-state index is 12.5. The fraction of sp³-hybridized carbons (Fsp3) is 0.294. The van der Waals surface area contributed by atoms with E-state index in [1.807, 2.05) is 42.5 Å². The molecule has 4 N–H and O–H groups in total. The average molecular weight is 623 g/mol. The highest BCUT2D eigenvalue weighted by molar-refractivity contribution is 6.02. The van der Waals surface area contributed by atoms with E-state index in [1.165, 1.54) is 6.08 Å². The molecule has 12 nitrogen and oxygen atoms in total. The molecule has 4 heterocycles. The highest BCUT2D eigenvalue weighted by Gasteiger charge is 2.27. The molecular weight excluding hydrogens is 584 g/mol. The topological polar surface area (TPSA) is 145 Å². The number of aliphatic hydroxyl groups excluding tert-OH is 1. The first-order chi connectivity index (χ1) is 22.4. The number of aliphatic hydroxyl groups is 1. The van der Waals surface area contributed by atoms with Gasteiger partial charge in [0.05, 0.1) is 47.5 Å². The summed E-state index contributed by atoms with van der Waals surface area (Å²) in [6.45, 7) is 5.36. The molecule has 0 saturated carbocycles. The van der Waals surface area contributed by atoms with Gasteiger partial charge in [0.1, 0.15) is 17.2 Å². The van der Waals surface area contributed by atoms with Crippen LogP contribution in [0, 0.1) is 0 Å². The van der Waals surface area contributed by atoms with Crippen molar-refractivity contribution in [1.29, 1.82) is 0 Å². The minimum atomic E-state index is -0.310. The van der Waals surface area contributed by atoms with Gasteiger partial charge >= 0.3 is 0 Å². The minimum Gasteiger partial charge on any atom is -0.494 e. The quantitative estimate of drug-likeness (QED) is 0.137. The Morgan fingerprint density at radius 3 is 2.85 bits per heavy atom. The fourth-order valence-corrected chi connectivity index (χ4v) is 5.73. The van der Waals surface area contributed by atoms with E-state index in [2.05, 4.69) is 51.1 Å². The number of fused-ring (bicyclic) bond motifs is 1. The number of aromatic nitrogens is 4. The highest BCUT2D eigenvalue weighted by Crippen LogP contribution is 2.40. The van der Waals surface area contributed by atoms with Gasteiger partial charge in [-0.3, -0.25) is 4.79 Å². The van der Waals surface area contributed by atoms with Gasteiger partial charge in [-0.05, 0) is 57.3 Å². The highest BCUT2D eigenvalue weighted by atomic mass is 16.5. The maximum absolute atomic E-state index is 12.5. The standard InChI is InChI=1S/C34H38N8O4/c1-5-31(44)36-25-18-26(29(45-4)19-27(25)42-14-11-23(20-42)41(2)3)38-34-35-13-10-24(37-34)33-32(39-30(40-33)7-6-15-43)22-9-8-21-12-16-46-28(21)17-22/h5,8-10,12-13,16-19,23,43H,1,6-7,11,14-15,20H2,2-4H3,(H,36,44)(H,39,40)(H,35,37,38)/t23-/m1/s1. The Kier molecular flexibility index (Phi) is 8.99. The lowest BCUT2D eigenvalue weighted by Gasteiger charge is -2.25. The van der Waals surface area contributed by atoms with Gasteiger partial charge in [0.15, 0.2) is 0 Å². The molecule has 12 heteroatoms. The molecule has 0 unspecified atom stereocenters. The number of anilines is 4. The van der Waals surface area contributed by atoms with Gasteiger partial charge in [-0.2, -0.15) is 0 Å². The van der Waals surface area contributed by atoms with Gasteiger partial charge in [-0.15, -0.1) is 0 Å². The summed E-state index contributed by atoms with van der Waals surface area (Å²) >= 11 is 0. The predicted octanol–water partition coefficient (Wildman–Crippen LogP) is 5.22. The fourth-order valence-electron chi connectivity index (χ4n) is 5.73. The van der Waals surface area contributed by atoms with Gasteiger partial charge in [-0.25, -0.2) is 15.0 Å². The first-order valence-electron chi connectivity index (χ1n) is 15.2. The smallest absolute Gasteiger partial charge is 0.247 e. The molecular formula is C34H38N8O4. The van der Waals surface area contributed by atoms with E-state index in [0.717, 1.165) is 53.2 Å². The van der Waals surface area contributed by atoms with E-state index in [4.69, 9.17) is 19.1 Å². The Labute approximate surface area is 267 Å². The zero-order valence-electron chi connectivity index (χ0n) is 26.2. The van der Waals surface area contributed by atoms with Gasteiger partial charge in [0, 0.05) is 55.4 Å². The van der Waals surface area contributed by atoms with Crippen molar-refractivity contribution in [2.45, 2.75) is 25.3 Å². The van der Waals surface area contributed by atoms with Crippen LogP contribution in [0.5, 0.6) is 5.75 Å². The minimum absolute atomic E-state index is 0.0646. The maximum Gasteiger partial charge on any atom is 0.247 e. The Balaban J connectivity index is 1.36. The third-order valence-corrected chi connectivity index (χ3v) is 8.21. The number of furan rings is 1. The zero-order chi connectivity index (χ0) is 32.2. The molecule has 1 aliphatic rings. The van der Waals surface area contributed by atoms with E-state index >= 15 is 0 Å². The normalized spacial score (nSPS) is 14.6. The number of nitrogens with one attached hydrogen (secondary N) is 3. The molecule has 1 saturated heterocycles. The molecule has 1 aliphatic heterocycles. The SMILES string of the molecule is C=CC(=O)Nc1cc(Nc2nccc(-c3[nH]c(CCCO)nc3-c3ccc4ccoc4c3)n2)c(OC)cc1N1CC[C@@H](N(C)C)C1. The van der Waals surface area contributed by atoms with E-state index in [1.54, 1.807) is 19.6 Å². The molecule has 1 amide bonds. The molecule has 238 valence electrons. The zero-order valence-corrected chi connectivity index (χ0v) is 26.2. The summed E-state index contributed by atoms with van der Waals surface area (Å²) in [4.78, 5) is 34.5. The van der Waals surface area contributed by atoms with Crippen LogP contribution in [-0.4, -0.2) is 82.8 Å². The van der Waals surface area contributed by atoms with Crippen molar-refractivity contribution in [2.24, 2.45) is 0 Å². The summed E-state index contributed by atoms with van der Waals surface area (Å²) in [5, 5.41) is 16.7. The summed E-state index contributed by atoms with van der Waals surface area (Å²) in [5.41, 5.74) is 5.76. The van der Waals surface area contributed by atoms with Crippen LogP contribution < -0.4 is 20.3 Å². The van der Waals surface area contributed by atoms with Crippen molar-refractivity contribution in [3.8, 4) is 28.4 Å². The Morgan fingerprint density at radius 1 is 1.22 bits per heavy atom. The molecule has 46 heavy (non-hydrogen) atoms. The molecule has 0 spiro atoms. The van der Waals surface area contributed by atoms with Crippen LogP contribution in [0.25, 0.3) is 33.6 Å². The second kappa shape index (κ2) is 13.4. The number of imidazole rings is 1. The number of ether oxygens (including phenoxy) is 1. The monoisotopic (exact) mass is 622 g/mol. The van der Waals surface area contributed by atoms with Crippen LogP contribution in [0.4, 0.5) is 23.0 Å². The number of nitrogens with zero attached hydrogens (tertiary/aromatic N) is 5. The van der Waals surface area contributed by atoms with Gasteiger partial charge in [0.2, 0.25) is 11.9 Å². The number of methoxy groups -OCH3 is 1. The first kappa shape index (κ1) is 30.8. The molecule has 1 atom stereocenters. The van der Waals surface area contributed by atoms with Crippen LogP contribution in [0.2, 0.25) is 0 Å². The average Bonchev–Trinajstić information content (AvgIpc) is 3.84. The third kappa shape index (κ3) is 6.44. The number of hydrogen-bond acceptors (Lipinski definition) is 10. The molecule has 6 rings (SSSR count). The van der Waals surface area contributed by atoms with Crippen molar-refractivity contribution in [3.63, 3.8) is 0 Å². The number of carbonyl (C=O) groups is 1. The lowest BCUT2D eigenvalue weighted by atomic mass is 10.1. The first-order valence-corrected chi connectivity index (χ1v) is 15.2. The summed E-state index contributed by atoms with van der Waals surface area (Å²) in [7, 11) is 5.77. The number of benzene rings is 2. The van der Waals surface area contributed by atoms with E-state index in [-0.39, 0.29) is 12.5 Å². The van der Waals surface area contributed by atoms with Crippen molar-refractivity contribution >= 4 is 39.9 Å². The summed E-state index contributed by atoms with van der Waals surface area (Å²) in [6, 6.07) is 13.8. The van der Waals surface area contributed by atoms with Gasteiger partial charge in [-0.1, -0.05) is 18.7 Å². The van der Waals surface area contributed by atoms with Gasteiger partial charge in [0.25, 0.3) is 0 Å². The van der Waals surface area contributed by atoms with E-state index in [0.29, 0.717) is 53.3 Å². The van der Waals surface area contributed by atoms with Crippen molar-refractivity contribution < 1.29 is 19.1 Å². The summed E-state index contributed by atoms with van der Waals surface area (Å²) in [5.74, 6) is 1.34. The summed E-state index contributed by atoms with van der Waals surface area (Å²) < 4.78 is 11.5. The van der Waals surface area contributed by atoms with Crippen molar-refractivity contribution in [1.82, 2.24) is 24.8 Å². The van der Waals surface area contributed by atoms with Crippen LogP contribution in [-0.2, 0) is 11.2 Å². The largest absolute Gasteiger partial charge is 0.494 e. The van der Waals surface area contributed by atoms with Crippen molar-refractivity contribution in [3.05, 3.63) is 73.4 Å². The Morgan fingerprint density at radius 2 is 2.09 bits per heavy atom. The number of likely N-dealkylation sites (N-methyl/N-ethyl adjacent to an activating group) is 1. The lowest BCUT2D eigenvalue weighted by molar-refractivity contribution is -0.111. The Hall–Kier alpha value is -5.20. The number of H-pyrrole nitrogens is 1. The van der Waals surface area contributed by atoms with Crippen LogP contribution in [0.15, 0.2) is 72.0 Å². The molecule has 0 bridgehead atoms. The number of aryl methyl sites for hydroxylation is 1. The molecule has 2 aromatic carbocycles. The third-order valence-electron chi connectivity index (χ3n) is 8.21. The second-order valence-electron chi connectivity index (χ2n) is 11.4. The van der Waals surface area contributed by atoms with E-state index < -0.39 is 0 Å². The second-order valence-corrected chi connectivity index (χ2v) is 11.4. The predicted molar refractivity (Wildman–Crippen MR) is 180 cm³/mol. The molecule has 1 fully saturated rings. The molecule has 0 aliphatic carbocycles. The number of carbonyl (C=O) groups excluding carboxylic acids is 1. The summed E-state index contributed by atoms with van der Waals surface area (Å²) in [6.07, 6.45) is 6.75. The van der Waals surface area contributed by atoms with Gasteiger partial charge < -0.3 is 39.7 Å². The van der Waals surface area contributed by atoms with Crippen LogP contribution in [0.3, 0.4) is 0 Å². The van der Waals surface area contributed by atoms with Crippen molar-refractivity contribution in [2.75, 3.05) is 56.4 Å². The molecule has 3 aromatic heterocycles. The number of aromatic amines is 1. The van der Waals surface area contributed by atoms with E-state index in [9.17, 15) is 9.90 Å². The van der Waals surface area contributed by atoms with Crippen LogP contribution >= 0.6 is 0 Å². The lowest BCUT2D eigenvalue weighted by Crippen LogP contribution is -2.31. The van der Waals surface area contributed by atoms with Crippen LogP contribution in [0.1, 0.15) is 18.7 Å². The number of hydrogen-bond donors (Lipinski definition) is 4. The number of amides is 1. The molecule has 5 aromatic rings. The Bertz CT molecular complexity index is 1860. The molecule has 0 radical (unpaired) electrons.